The molecule has 0 aromatic rings. The highest BCUT2D eigenvalue weighted by Crippen LogP contribution is 2.49. The van der Waals surface area contributed by atoms with Gasteiger partial charge in [0.25, 0.3) is 0 Å². The summed E-state index contributed by atoms with van der Waals surface area (Å²) in [5.74, 6) is -0.318. The number of fused-ring (bicyclic) bond motifs is 1. The molecule has 0 spiro atoms. The first kappa shape index (κ1) is 18.6. The molecule has 1 amide bonds. The number of hydrogen-bond donors (Lipinski definition) is 1. The van der Waals surface area contributed by atoms with Crippen LogP contribution in [0.4, 0.5) is 0 Å². The molecule has 1 saturated carbocycles. The number of ether oxygens (including phenoxy) is 1. The number of nitrogens with zero attached hydrogens (tertiary/aromatic N) is 2. The second-order valence-corrected chi connectivity index (χ2v) is 8.67. The molecule has 3 fully saturated rings. The first-order valence-corrected chi connectivity index (χ1v) is 9.66. The van der Waals surface area contributed by atoms with Gasteiger partial charge in [0.1, 0.15) is 0 Å². The van der Waals surface area contributed by atoms with Crippen molar-refractivity contribution in [3.05, 3.63) is 0 Å². The lowest BCUT2D eigenvalue weighted by Gasteiger charge is -2.42. The summed E-state index contributed by atoms with van der Waals surface area (Å²) in [6.45, 7) is 10.7. The van der Waals surface area contributed by atoms with E-state index in [0.717, 1.165) is 25.9 Å². The van der Waals surface area contributed by atoms with Crippen LogP contribution in [-0.4, -0.2) is 71.2 Å². The molecule has 2 heterocycles. The summed E-state index contributed by atoms with van der Waals surface area (Å²) >= 11 is 0. The first-order valence-electron chi connectivity index (χ1n) is 9.66. The Hall–Kier alpha value is -1.14. The average Bonchev–Trinajstić information content (AvgIpc) is 3.03. The van der Waals surface area contributed by atoms with Crippen molar-refractivity contribution in [1.29, 1.82) is 0 Å². The normalized spacial score (nSPS) is 37.3. The van der Waals surface area contributed by atoms with Gasteiger partial charge in [-0.05, 0) is 38.5 Å². The number of carboxylic acid groups (broad SMARTS) is 1. The third kappa shape index (κ3) is 3.31. The van der Waals surface area contributed by atoms with E-state index < -0.39 is 11.4 Å². The Morgan fingerprint density at radius 2 is 1.80 bits per heavy atom. The number of aliphatic carboxylic acids is 1. The van der Waals surface area contributed by atoms with Crippen LogP contribution in [0.25, 0.3) is 0 Å². The van der Waals surface area contributed by atoms with Gasteiger partial charge in [0, 0.05) is 26.2 Å². The van der Waals surface area contributed by atoms with Crippen molar-refractivity contribution in [2.75, 3.05) is 26.2 Å². The maximum atomic E-state index is 13.3. The van der Waals surface area contributed by atoms with Crippen molar-refractivity contribution < 1.29 is 19.4 Å². The summed E-state index contributed by atoms with van der Waals surface area (Å²) in [5.41, 5.74) is -0.706. The van der Waals surface area contributed by atoms with Crippen molar-refractivity contribution >= 4 is 11.9 Å². The molecule has 6 nitrogen and oxygen atoms in total. The fraction of sp³-hybridized carbons (Fsp3) is 0.895. The number of carboxylic acids is 1. The Kier molecular flexibility index (Phi) is 5.13. The average molecular weight is 352 g/mol. The van der Waals surface area contributed by atoms with E-state index in [-0.39, 0.29) is 36.0 Å². The van der Waals surface area contributed by atoms with Crippen LogP contribution < -0.4 is 0 Å². The van der Waals surface area contributed by atoms with E-state index in [0.29, 0.717) is 19.5 Å². The molecule has 142 valence electrons. The quantitative estimate of drug-likeness (QED) is 0.836. The molecule has 2 saturated heterocycles. The van der Waals surface area contributed by atoms with Crippen LogP contribution in [0, 0.1) is 17.3 Å². The topological polar surface area (TPSA) is 70.1 Å². The number of carbonyl (C=O) groups excluding carboxylic acids is 1. The summed E-state index contributed by atoms with van der Waals surface area (Å²) in [7, 11) is 0. The van der Waals surface area contributed by atoms with Gasteiger partial charge in [0.2, 0.25) is 5.91 Å². The lowest BCUT2D eigenvalue weighted by atomic mass is 9.81. The summed E-state index contributed by atoms with van der Waals surface area (Å²) in [5, 5.41) is 9.77. The van der Waals surface area contributed by atoms with Gasteiger partial charge in [-0.3, -0.25) is 14.5 Å². The third-order valence-corrected chi connectivity index (χ3v) is 6.33. The molecule has 0 radical (unpaired) electrons. The zero-order chi connectivity index (χ0) is 18.4. The predicted octanol–water partition coefficient (Wildman–Crippen LogP) is 1.83. The van der Waals surface area contributed by atoms with Gasteiger partial charge < -0.3 is 14.7 Å². The highest BCUT2D eigenvalue weighted by atomic mass is 16.5. The largest absolute Gasteiger partial charge is 0.481 e. The standard InChI is InChI=1S/C19H32N2O4/c1-12(2)16(20-8-13(3)25-14(4)9-20)17(22)21-10-15-6-5-7-19(15,11-21)18(23)24/h12-16H,5-11H2,1-4H3,(H,23,24)/t13?,14?,15-,16?,19+/m0/s1. The summed E-state index contributed by atoms with van der Waals surface area (Å²) in [4.78, 5) is 29.3. The molecule has 5 atom stereocenters. The Labute approximate surface area is 150 Å². The van der Waals surface area contributed by atoms with Crippen molar-refractivity contribution in [3.63, 3.8) is 0 Å². The summed E-state index contributed by atoms with van der Waals surface area (Å²) in [6, 6.07) is -0.196. The number of carbonyl (C=O) groups is 2. The third-order valence-electron chi connectivity index (χ3n) is 6.33. The second kappa shape index (κ2) is 6.88. The first-order chi connectivity index (χ1) is 11.7. The zero-order valence-corrected chi connectivity index (χ0v) is 15.9. The molecule has 3 unspecified atom stereocenters. The Morgan fingerprint density at radius 1 is 1.16 bits per heavy atom. The highest BCUT2D eigenvalue weighted by Gasteiger charge is 2.56. The van der Waals surface area contributed by atoms with Crippen LogP contribution in [0.1, 0.15) is 47.0 Å². The van der Waals surface area contributed by atoms with Crippen LogP contribution >= 0.6 is 0 Å². The van der Waals surface area contributed by atoms with Crippen LogP contribution in [0.2, 0.25) is 0 Å². The minimum Gasteiger partial charge on any atom is -0.481 e. The molecule has 2 aliphatic heterocycles. The number of likely N-dealkylation sites (tertiary alicyclic amines) is 1. The monoisotopic (exact) mass is 352 g/mol. The van der Waals surface area contributed by atoms with E-state index in [1.807, 2.05) is 18.7 Å². The number of morpholine rings is 1. The van der Waals surface area contributed by atoms with Gasteiger partial charge in [-0.1, -0.05) is 20.3 Å². The molecular formula is C19H32N2O4. The van der Waals surface area contributed by atoms with E-state index in [4.69, 9.17) is 4.74 Å². The lowest BCUT2D eigenvalue weighted by Crippen LogP contribution is -2.57. The van der Waals surface area contributed by atoms with Gasteiger partial charge in [0.05, 0.1) is 23.7 Å². The van der Waals surface area contributed by atoms with Gasteiger partial charge in [-0.2, -0.15) is 0 Å². The van der Waals surface area contributed by atoms with Crippen molar-refractivity contribution in [3.8, 4) is 0 Å². The predicted molar refractivity (Wildman–Crippen MR) is 94.2 cm³/mol. The van der Waals surface area contributed by atoms with Crippen LogP contribution in [0.3, 0.4) is 0 Å². The molecule has 25 heavy (non-hydrogen) atoms. The molecule has 0 bridgehead atoms. The van der Waals surface area contributed by atoms with Crippen molar-refractivity contribution in [2.24, 2.45) is 17.3 Å². The van der Waals surface area contributed by atoms with Crippen molar-refractivity contribution in [1.82, 2.24) is 9.80 Å². The minimum absolute atomic E-state index is 0.103. The Morgan fingerprint density at radius 3 is 2.32 bits per heavy atom. The van der Waals surface area contributed by atoms with Gasteiger partial charge in [-0.15, -0.1) is 0 Å². The zero-order valence-electron chi connectivity index (χ0n) is 15.9. The van der Waals surface area contributed by atoms with Gasteiger partial charge in [0.15, 0.2) is 0 Å². The molecule has 1 aliphatic carbocycles. The molecule has 3 aliphatic rings. The maximum absolute atomic E-state index is 13.3. The number of amides is 1. The van der Waals surface area contributed by atoms with Crippen LogP contribution in [-0.2, 0) is 14.3 Å². The van der Waals surface area contributed by atoms with Gasteiger partial charge in [-0.25, -0.2) is 0 Å². The Bertz CT molecular complexity index is 528. The lowest BCUT2D eigenvalue weighted by molar-refractivity contribution is -0.150. The summed E-state index contributed by atoms with van der Waals surface area (Å²) < 4.78 is 5.82. The molecule has 1 N–H and O–H groups in total. The van der Waals surface area contributed by atoms with E-state index in [1.54, 1.807) is 0 Å². The molecular weight excluding hydrogens is 320 g/mol. The fourth-order valence-electron chi connectivity index (χ4n) is 5.30. The van der Waals surface area contributed by atoms with Crippen LogP contribution in [0.5, 0.6) is 0 Å². The van der Waals surface area contributed by atoms with E-state index in [2.05, 4.69) is 18.7 Å². The van der Waals surface area contributed by atoms with Crippen LogP contribution in [0.15, 0.2) is 0 Å². The molecule has 0 aromatic carbocycles. The smallest absolute Gasteiger partial charge is 0.311 e. The Balaban J connectivity index is 1.77. The maximum Gasteiger partial charge on any atom is 0.311 e. The van der Waals surface area contributed by atoms with E-state index >= 15 is 0 Å². The minimum atomic E-state index is -0.722. The highest BCUT2D eigenvalue weighted by molar-refractivity contribution is 5.85. The summed E-state index contributed by atoms with van der Waals surface area (Å²) in [6.07, 6.45) is 2.82. The van der Waals surface area contributed by atoms with E-state index in [9.17, 15) is 14.7 Å². The second-order valence-electron chi connectivity index (χ2n) is 8.67. The fourth-order valence-corrected chi connectivity index (χ4v) is 5.30. The van der Waals surface area contributed by atoms with Crippen molar-refractivity contribution in [2.45, 2.75) is 65.2 Å². The number of rotatable bonds is 4. The number of hydrogen-bond acceptors (Lipinski definition) is 4. The molecule has 6 heteroatoms. The van der Waals surface area contributed by atoms with Gasteiger partial charge >= 0.3 is 5.97 Å². The molecule has 0 aromatic heterocycles. The SMILES string of the molecule is CC1CN(C(C(=O)N2C[C@@H]3CCC[C@@]3(C(=O)O)C2)C(C)C)CC(C)O1. The van der Waals surface area contributed by atoms with E-state index in [1.165, 1.54) is 0 Å². The molecule has 3 rings (SSSR count).